The molecule has 0 bridgehead atoms. The number of nitrogens with zero attached hydrogens (tertiary/aromatic N) is 2. The van der Waals surface area contributed by atoms with E-state index in [0.29, 0.717) is 51.0 Å². The molecular formula is C27H23BrN4O4. The summed E-state index contributed by atoms with van der Waals surface area (Å²) < 4.78 is 17.4. The van der Waals surface area contributed by atoms with Crippen LogP contribution in [0.5, 0.6) is 17.2 Å². The van der Waals surface area contributed by atoms with Gasteiger partial charge in [-0.1, -0.05) is 34.1 Å². The largest absolute Gasteiger partial charge is 0.497 e. The van der Waals surface area contributed by atoms with Gasteiger partial charge in [-0.05, 0) is 55.0 Å². The van der Waals surface area contributed by atoms with Crippen molar-refractivity contribution in [1.29, 1.82) is 5.26 Å². The minimum absolute atomic E-state index is 0.192. The third-order valence-electron chi connectivity index (χ3n) is 5.14. The monoisotopic (exact) mass is 546 g/mol. The van der Waals surface area contributed by atoms with E-state index in [2.05, 4.69) is 37.3 Å². The molecule has 0 saturated heterocycles. The maximum absolute atomic E-state index is 12.3. The van der Waals surface area contributed by atoms with Crippen molar-refractivity contribution in [3.05, 3.63) is 76.5 Å². The molecule has 4 rings (SSSR count). The van der Waals surface area contributed by atoms with E-state index in [1.54, 1.807) is 37.5 Å². The lowest BCUT2D eigenvalue weighted by Crippen LogP contribution is -2.20. The predicted octanol–water partition coefficient (Wildman–Crippen LogP) is 5.81. The van der Waals surface area contributed by atoms with Crippen molar-refractivity contribution in [2.24, 2.45) is 0 Å². The second-order valence-corrected chi connectivity index (χ2v) is 8.45. The van der Waals surface area contributed by atoms with E-state index in [1.807, 2.05) is 43.3 Å². The van der Waals surface area contributed by atoms with Crippen molar-refractivity contribution in [2.75, 3.05) is 25.6 Å². The van der Waals surface area contributed by atoms with E-state index < -0.39 is 0 Å². The van der Waals surface area contributed by atoms with Crippen molar-refractivity contribution < 1.29 is 19.0 Å². The fourth-order valence-corrected chi connectivity index (χ4v) is 3.89. The number of para-hydroxylation sites is 1. The van der Waals surface area contributed by atoms with E-state index >= 15 is 0 Å². The van der Waals surface area contributed by atoms with Crippen LogP contribution in [0.15, 0.2) is 65.1 Å². The maximum Gasteiger partial charge on any atom is 0.262 e. The molecule has 0 atom stereocenters. The molecule has 0 unspecified atom stereocenters. The normalized spacial score (nSPS) is 11.1. The number of hydrogen-bond donors (Lipinski definition) is 2. The molecule has 8 nitrogen and oxygen atoms in total. The van der Waals surface area contributed by atoms with Gasteiger partial charge in [-0.15, -0.1) is 0 Å². The number of allylic oxidation sites excluding steroid dienone is 1. The quantitative estimate of drug-likeness (QED) is 0.256. The molecule has 1 aromatic heterocycles. The van der Waals surface area contributed by atoms with Crippen LogP contribution in [0.1, 0.15) is 18.3 Å². The molecule has 0 aliphatic carbocycles. The molecule has 0 aliphatic rings. The lowest BCUT2D eigenvalue weighted by molar-refractivity contribution is -0.118. The van der Waals surface area contributed by atoms with Gasteiger partial charge in [0.1, 0.15) is 17.6 Å². The number of imidazole rings is 1. The number of H-pyrrole nitrogens is 1. The summed E-state index contributed by atoms with van der Waals surface area (Å²) in [4.78, 5) is 20.0. The maximum atomic E-state index is 12.3. The average Bonchev–Trinajstić information content (AvgIpc) is 3.31. The highest BCUT2D eigenvalue weighted by Gasteiger charge is 2.15. The molecule has 0 radical (unpaired) electrons. The van der Waals surface area contributed by atoms with Crippen molar-refractivity contribution in [3.8, 4) is 23.3 Å². The first-order valence-corrected chi connectivity index (χ1v) is 11.9. The summed E-state index contributed by atoms with van der Waals surface area (Å²) in [5, 5.41) is 12.6. The Balaban J connectivity index is 1.58. The average molecular weight is 547 g/mol. The van der Waals surface area contributed by atoms with Crippen LogP contribution in [0.4, 0.5) is 5.69 Å². The van der Waals surface area contributed by atoms with Crippen molar-refractivity contribution in [3.63, 3.8) is 0 Å². The number of carbonyl (C=O) groups excluding carboxylic acids is 1. The Morgan fingerprint density at radius 1 is 1.14 bits per heavy atom. The fourth-order valence-electron chi connectivity index (χ4n) is 3.46. The molecule has 9 heteroatoms. The molecule has 36 heavy (non-hydrogen) atoms. The van der Waals surface area contributed by atoms with Gasteiger partial charge < -0.3 is 24.5 Å². The minimum Gasteiger partial charge on any atom is -0.497 e. The van der Waals surface area contributed by atoms with E-state index in [1.165, 1.54) is 0 Å². The molecule has 0 saturated carbocycles. The Bertz CT molecular complexity index is 1460. The standard InChI is InChI=1S/C27H23BrN4O4/c1-3-35-24-12-17(11-18(15-29)27-31-22-10-9-20(34-2)13-23(22)32-27)21(28)14-25(24)36-16-26(33)30-19-7-5-4-6-8-19/h4-14H,3,16H2,1-2H3,(H,30,33)(H,31,32)/b18-11-. The Morgan fingerprint density at radius 2 is 1.92 bits per heavy atom. The zero-order chi connectivity index (χ0) is 25.5. The number of benzene rings is 3. The van der Waals surface area contributed by atoms with E-state index in [4.69, 9.17) is 14.2 Å². The van der Waals surface area contributed by atoms with Crippen LogP contribution in [-0.4, -0.2) is 36.2 Å². The van der Waals surface area contributed by atoms with E-state index in [9.17, 15) is 10.1 Å². The number of nitrogens with one attached hydrogen (secondary N) is 2. The Labute approximate surface area is 216 Å². The van der Waals surface area contributed by atoms with Gasteiger partial charge in [0.15, 0.2) is 18.1 Å². The molecule has 2 N–H and O–H groups in total. The van der Waals surface area contributed by atoms with Gasteiger partial charge in [0, 0.05) is 16.2 Å². The molecule has 1 heterocycles. The second kappa shape index (κ2) is 11.4. The highest BCUT2D eigenvalue weighted by molar-refractivity contribution is 9.10. The smallest absolute Gasteiger partial charge is 0.262 e. The lowest BCUT2D eigenvalue weighted by Gasteiger charge is -2.14. The number of halogens is 1. The Morgan fingerprint density at radius 3 is 2.64 bits per heavy atom. The van der Waals surface area contributed by atoms with Crippen LogP contribution in [0, 0.1) is 11.3 Å². The minimum atomic E-state index is -0.294. The van der Waals surface area contributed by atoms with Crippen LogP contribution >= 0.6 is 15.9 Å². The predicted molar refractivity (Wildman–Crippen MR) is 142 cm³/mol. The molecule has 182 valence electrons. The van der Waals surface area contributed by atoms with Gasteiger partial charge in [0.05, 0.1) is 30.3 Å². The number of ether oxygens (including phenoxy) is 3. The summed E-state index contributed by atoms with van der Waals surface area (Å²) in [7, 11) is 1.59. The first kappa shape index (κ1) is 24.8. The number of aromatic nitrogens is 2. The Kier molecular flexibility index (Phi) is 7.88. The topological polar surface area (TPSA) is 109 Å². The number of methoxy groups -OCH3 is 1. The highest BCUT2D eigenvalue weighted by atomic mass is 79.9. The van der Waals surface area contributed by atoms with Crippen LogP contribution in [-0.2, 0) is 4.79 Å². The summed E-state index contributed by atoms with van der Waals surface area (Å²) in [6.07, 6.45) is 1.70. The molecule has 0 spiro atoms. The molecule has 4 aromatic rings. The Hall–Kier alpha value is -4.29. The first-order valence-electron chi connectivity index (χ1n) is 11.1. The number of aromatic amines is 1. The zero-order valence-corrected chi connectivity index (χ0v) is 21.3. The number of anilines is 1. The van der Waals surface area contributed by atoms with E-state index in [-0.39, 0.29) is 12.5 Å². The van der Waals surface area contributed by atoms with Crippen molar-refractivity contribution in [1.82, 2.24) is 9.97 Å². The summed E-state index contributed by atoms with van der Waals surface area (Å²) in [5.41, 5.74) is 3.19. The van der Waals surface area contributed by atoms with Gasteiger partial charge in [0.25, 0.3) is 5.91 Å². The molecule has 0 fully saturated rings. The number of carbonyl (C=O) groups is 1. The number of nitriles is 1. The van der Waals surface area contributed by atoms with Crippen molar-refractivity contribution >= 4 is 50.2 Å². The van der Waals surface area contributed by atoms with Gasteiger partial charge in [-0.25, -0.2) is 4.98 Å². The van der Waals surface area contributed by atoms with Crippen molar-refractivity contribution in [2.45, 2.75) is 6.92 Å². The van der Waals surface area contributed by atoms with Gasteiger partial charge in [0.2, 0.25) is 0 Å². The van der Waals surface area contributed by atoms with Crippen LogP contribution in [0.3, 0.4) is 0 Å². The molecule has 1 amide bonds. The summed E-state index contributed by atoms with van der Waals surface area (Å²) >= 11 is 3.54. The summed E-state index contributed by atoms with van der Waals surface area (Å²) in [5.74, 6) is 1.68. The molecular weight excluding hydrogens is 524 g/mol. The molecule has 3 aromatic carbocycles. The highest BCUT2D eigenvalue weighted by Crippen LogP contribution is 2.36. The number of amides is 1. The number of hydrogen-bond acceptors (Lipinski definition) is 6. The number of rotatable bonds is 9. The van der Waals surface area contributed by atoms with Crippen LogP contribution < -0.4 is 19.5 Å². The third kappa shape index (κ3) is 5.85. The summed E-state index contributed by atoms with van der Waals surface area (Å²) in [6.45, 7) is 2.06. The summed E-state index contributed by atoms with van der Waals surface area (Å²) in [6, 6.07) is 20.3. The SMILES string of the molecule is CCOc1cc(/C=C(/C#N)c2nc3ccc(OC)cc3[nH]2)c(Br)cc1OCC(=O)Nc1ccccc1. The van der Waals surface area contributed by atoms with Gasteiger partial charge in [-0.3, -0.25) is 4.79 Å². The van der Waals surface area contributed by atoms with E-state index in [0.717, 1.165) is 11.0 Å². The molecule has 0 aliphatic heterocycles. The van der Waals surface area contributed by atoms with Crippen LogP contribution in [0.2, 0.25) is 0 Å². The second-order valence-electron chi connectivity index (χ2n) is 7.59. The van der Waals surface area contributed by atoms with Gasteiger partial charge >= 0.3 is 0 Å². The van der Waals surface area contributed by atoms with Gasteiger partial charge in [-0.2, -0.15) is 5.26 Å². The lowest BCUT2D eigenvalue weighted by atomic mass is 10.1. The zero-order valence-electron chi connectivity index (χ0n) is 19.7. The van der Waals surface area contributed by atoms with Crippen LogP contribution in [0.25, 0.3) is 22.7 Å². The first-order chi connectivity index (χ1) is 17.5. The third-order valence-corrected chi connectivity index (χ3v) is 5.83. The number of fused-ring (bicyclic) bond motifs is 1. The fraction of sp³-hybridized carbons (Fsp3) is 0.148.